The van der Waals surface area contributed by atoms with Gasteiger partial charge in [0.1, 0.15) is 7.05 Å². The SMILES string of the molecule is COC(=O)c1ccc2c(c1)C(C)(C)C(=CC=CC1=[N+](C)c3ccc(C(=O)OC)cc3C1(C)C)N2C.[O-][Cl+3]([O-])([O-])[O-]. The van der Waals surface area contributed by atoms with Crippen LogP contribution in [0.15, 0.2) is 60.3 Å². The third-order valence-corrected chi connectivity index (χ3v) is 7.42. The Labute approximate surface area is 235 Å². The van der Waals surface area contributed by atoms with Gasteiger partial charge in [0.2, 0.25) is 5.69 Å². The summed E-state index contributed by atoms with van der Waals surface area (Å²) in [5.41, 5.74) is 7.17. The van der Waals surface area contributed by atoms with Crippen molar-refractivity contribution < 1.29 is 52.5 Å². The smallest absolute Gasteiger partial charge is 0.337 e. The molecule has 214 valence electrons. The van der Waals surface area contributed by atoms with Gasteiger partial charge < -0.3 is 14.4 Å². The first kappa shape index (κ1) is 31.0. The van der Waals surface area contributed by atoms with Crippen molar-refractivity contribution in [2.45, 2.75) is 38.5 Å². The highest BCUT2D eigenvalue weighted by Gasteiger charge is 2.43. The second kappa shape index (κ2) is 11.1. The first-order valence-electron chi connectivity index (χ1n) is 12.3. The summed E-state index contributed by atoms with van der Waals surface area (Å²) in [4.78, 5) is 26.3. The van der Waals surface area contributed by atoms with Crippen LogP contribution < -0.4 is 23.5 Å². The third kappa shape index (κ3) is 5.96. The van der Waals surface area contributed by atoms with Crippen molar-refractivity contribution in [1.82, 2.24) is 0 Å². The van der Waals surface area contributed by atoms with Crippen LogP contribution in [0.3, 0.4) is 0 Å². The van der Waals surface area contributed by atoms with E-state index in [1.54, 1.807) is 0 Å². The number of rotatable bonds is 4. The van der Waals surface area contributed by atoms with E-state index in [4.69, 9.17) is 28.1 Å². The topological polar surface area (TPSA) is 151 Å². The zero-order valence-electron chi connectivity index (χ0n) is 23.7. The zero-order chi connectivity index (χ0) is 30.2. The average Bonchev–Trinajstić information content (AvgIpc) is 3.19. The number of allylic oxidation sites excluding steroid dienone is 4. The number of esters is 2. The van der Waals surface area contributed by atoms with Crippen LogP contribution in [0.2, 0.25) is 0 Å². The van der Waals surface area contributed by atoms with Gasteiger partial charge in [0, 0.05) is 41.6 Å². The third-order valence-electron chi connectivity index (χ3n) is 7.42. The Kier molecular flexibility index (Phi) is 8.64. The summed E-state index contributed by atoms with van der Waals surface area (Å²) in [5, 5.41) is 0. The van der Waals surface area contributed by atoms with Gasteiger partial charge in [-0.2, -0.15) is 4.58 Å². The van der Waals surface area contributed by atoms with Crippen LogP contribution in [-0.2, 0) is 20.3 Å². The summed E-state index contributed by atoms with van der Waals surface area (Å²) < 4.78 is 46.0. The van der Waals surface area contributed by atoms with Crippen molar-refractivity contribution in [1.29, 1.82) is 0 Å². The molecule has 0 amide bonds. The van der Waals surface area contributed by atoms with Crippen LogP contribution >= 0.6 is 0 Å². The van der Waals surface area contributed by atoms with Gasteiger partial charge in [0.15, 0.2) is 5.71 Å². The molecular weight excluding hydrogens is 540 g/mol. The molecule has 0 bridgehead atoms. The standard InChI is InChI=1S/C29H33N2O4.ClHO4/c1-28(2)20-16-18(26(32)34-7)12-14-22(20)30(5)24(28)10-9-11-25-29(3,4)21-17-19(27(33)35-8)13-15-23(21)31(25)6;2-1(3,4)5/h9-17H,1-8H3;(H,2,3,4,5)/q+1;/p-1. The minimum absolute atomic E-state index is 0.279. The lowest BCUT2D eigenvalue weighted by atomic mass is 9.80. The first-order chi connectivity index (χ1) is 18.4. The summed E-state index contributed by atoms with van der Waals surface area (Å²) in [7, 11) is 1.95. The molecule has 4 rings (SSSR count). The molecule has 0 spiro atoms. The van der Waals surface area contributed by atoms with Crippen molar-refractivity contribution >= 4 is 29.0 Å². The van der Waals surface area contributed by atoms with Crippen molar-refractivity contribution in [2.75, 3.05) is 33.2 Å². The van der Waals surface area contributed by atoms with Crippen LogP contribution in [0, 0.1) is 10.2 Å². The highest BCUT2D eigenvalue weighted by Crippen LogP contribution is 2.47. The number of carbonyl (C=O) groups is 2. The van der Waals surface area contributed by atoms with E-state index in [2.05, 4.69) is 55.4 Å². The highest BCUT2D eigenvalue weighted by molar-refractivity contribution is 6.04. The Hall–Kier alpha value is -3.54. The van der Waals surface area contributed by atoms with Crippen LogP contribution in [0.1, 0.15) is 59.5 Å². The summed E-state index contributed by atoms with van der Waals surface area (Å²) in [6.07, 6.45) is 6.36. The Morgan fingerprint density at radius 3 is 1.90 bits per heavy atom. The van der Waals surface area contributed by atoms with Gasteiger partial charge in [-0.1, -0.05) is 19.9 Å². The molecule has 2 aliphatic heterocycles. The van der Waals surface area contributed by atoms with Crippen LogP contribution in [-0.4, -0.2) is 50.5 Å². The maximum absolute atomic E-state index is 12.1. The maximum Gasteiger partial charge on any atom is 0.337 e. The predicted octanol–water partition coefficient (Wildman–Crippen LogP) is 0.378. The van der Waals surface area contributed by atoms with E-state index in [0.29, 0.717) is 11.1 Å². The Morgan fingerprint density at radius 1 is 0.875 bits per heavy atom. The Balaban J connectivity index is 0.000000810. The number of fused-ring (bicyclic) bond motifs is 2. The highest BCUT2D eigenvalue weighted by atomic mass is 35.7. The maximum atomic E-state index is 12.1. The molecule has 0 aliphatic carbocycles. The van der Waals surface area contributed by atoms with E-state index in [9.17, 15) is 9.59 Å². The molecule has 2 heterocycles. The second-order valence-corrected chi connectivity index (χ2v) is 11.2. The fourth-order valence-electron chi connectivity index (χ4n) is 5.39. The lowest BCUT2D eigenvalue weighted by Crippen LogP contribution is -2.68. The molecule has 0 radical (unpaired) electrons. The summed E-state index contributed by atoms with van der Waals surface area (Å²) in [6, 6.07) is 11.4. The number of likely N-dealkylation sites (N-methyl/N-ethyl adjacent to an activating group) is 1. The fourth-order valence-corrected chi connectivity index (χ4v) is 5.39. The Bertz CT molecular complexity index is 1430. The van der Waals surface area contributed by atoms with Gasteiger partial charge in [-0.25, -0.2) is 28.2 Å². The summed E-state index contributed by atoms with van der Waals surface area (Å²) >= 11 is 0. The molecule has 0 fully saturated rings. The molecular formula is C29H33ClN2O8. The number of halogens is 1. The van der Waals surface area contributed by atoms with E-state index >= 15 is 0 Å². The molecule has 0 saturated heterocycles. The molecule has 10 nitrogen and oxygen atoms in total. The second-order valence-electron chi connectivity index (χ2n) is 10.5. The first-order valence-corrected chi connectivity index (χ1v) is 13.5. The lowest BCUT2D eigenvalue weighted by Gasteiger charge is -2.23. The van der Waals surface area contributed by atoms with Gasteiger partial charge in [-0.05, 0) is 55.8 Å². The lowest BCUT2D eigenvalue weighted by molar-refractivity contribution is -2.00. The minimum Gasteiger partial charge on any atom is -0.465 e. The number of hydrogen-bond donors (Lipinski definition) is 0. The van der Waals surface area contributed by atoms with Gasteiger partial charge in [-0.3, -0.25) is 0 Å². The van der Waals surface area contributed by atoms with Crippen LogP contribution in [0.5, 0.6) is 0 Å². The zero-order valence-corrected chi connectivity index (χ0v) is 24.5. The van der Waals surface area contributed by atoms with E-state index in [1.165, 1.54) is 14.2 Å². The average molecular weight is 573 g/mol. The predicted molar refractivity (Wildman–Crippen MR) is 138 cm³/mol. The van der Waals surface area contributed by atoms with Crippen LogP contribution in [0.4, 0.5) is 11.4 Å². The number of nitrogens with zero attached hydrogens (tertiary/aromatic N) is 2. The number of methoxy groups -OCH3 is 2. The van der Waals surface area contributed by atoms with E-state index in [1.807, 2.05) is 50.5 Å². The molecule has 0 saturated carbocycles. The molecule has 0 N–H and O–H groups in total. The van der Waals surface area contributed by atoms with Crippen molar-refractivity contribution in [3.05, 3.63) is 82.6 Å². The summed E-state index contributed by atoms with van der Waals surface area (Å²) in [6.45, 7) is 8.66. The monoisotopic (exact) mass is 572 g/mol. The fraction of sp³-hybridized carbons (Fsp3) is 0.345. The van der Waals surface area contributed by atoms with E-state index < -0.39 is 10.2 Å². The normalized spacial score (nSPS) is 17.9. The van der Waals surface area contributed by atoms with Crippen molar-refractivity contribution in [2.24, 2.45) is 0 Å². The quantitative estimate of drug-likeness (QED) is 0.374. The molecule has 0 aromatic heterocycles. The number of benzene rings is 2. The van der Waals surface area contributed by atoms with Crippen molar-refractivity contribution in [3.63, 3.8) is 0 Å². The molecule has 40 heavy (non-hydrogen) atoms. The molecule has 2 aromatic carbocycles. The molecule has 0 unspecified atom stereocenters. The number of hydrogen-bond acceptors (Lipinski definition) is 9. The molecule has 11 heteroatoms. The van der Waals surface area contributed by atoms with E-state index in [-0.39, 0.29) is 22.8 Å². The van der Waals surface area contributed by atoms with Crippen molar-refractivity contribution in [3.8, 4) is 0 Å². The number of anilines is 1. The number of ether oxygens (including phenoxy) is 2. The number of carbonyl (C=O) groups excluding carboxylic acids is 2. The van der Waals surface area contributed by atoms with Gasteiger partial charge in [0.05, 0.1) is 30.8 Å². The summed E-state index contributed by atoms with van der Waals surface area (Å²) in [5.74, 6) is -0.664. The minimum atomic E-state index is -4.94. The largest absolute Gasteiger partial charge is 0.465 e. The molecule has 2 aromatic rings. The Morgan fingerprint density at radius 2 is 1.38 bits per heavy atom. The van der Waals surface area contributed by atoms with Gasteiger partial charge in [-0.15, -0.1) is 10.2 Å². The van der Waals surface area contributed by atoms with Gasteiger partial charge in [0.25, 0.3) is 0 Å². The molecule has 0 atom stereocenters. The van der Waals surface area contributed by atoms with Crippen LogP contribution in [0.25, 0.3) is 0 Å². The van der Waals surface area contributed by atoms with E-state index in [0.717, 1.165) is 33.9 Å². The van der Waals surface area contributed by atoms with Gasteiger partial charge >= 0.3 is 11.9 Å². The molecule has 2 aliphatic rings.